The predicted molar refractivity (Wildman–Crippen MR) is 83.4 cm³/mol. The van der Waals surface area contributed by atoms with E-state index >= 15 is 0 Å². The number of aromatic amines is 1. The molecule has 21 heavy (non-hydrogen) atoms. The third kappa shape index (κ3) is 2.68. The topological polar surface area (TPSA) is 48.1 Å². The standard InChI is InChI=1S/C17H21N3O/c21-17(16-11-12-3-1-2-4-15(12)19-16)18-13-7-9-20(10-8-13)14-5-6-14/h1-4,11,13-14,19H,5-10H2,(H,18,21). The van der Waals surface area contributed by atoms with Gasteiger partial charge in [-0.25, -0.2) is 0 Å². The summed E-state index contributed by atoms with van der Waals surface area (Å²) in [6.07, 6.45) is 4.88. The first kappa shape index (κ1) is 12.9. The number of hydrogen-bond donors (Lipinski definition) is 2. The number of aromatic nitrogens is 1. The lowest BCUT2D eigenvalue weighted by atomic mass is 10.0. The zero-order valence-corrected chi connectivity index (χ0v) is 12.1. The Morgan fingerprint density at radius 1 is 1.14 bits per heavy atom. The fraction of sp³-hybridized carbons (Fsp3) is 0.471. The monoisotopic (exact) mass is 283 g/mol. The Bertz CT molecular complexity index is 618. The van der Waals surface area contributed by atoms with E-state index in [-0.39, 0.29) is 5.91 Å². The van der Waals surface area contributed by atoms with Crippen LogP contribution in [0, 0.1) is 0 Å². The fourth-order valence-electron chi connectivity index (χ4n) is 3.31. The van der Waals surface area contributed by atoms with E-state index in [0.29, 0.717) is 11.7 Å². The summed E-state index contributed by atoms with van der Waals surface area (Å²) in [5.41, 5.74) is 1.69. The van der Waals surface area contributed by atoms with Crippen molar-refractivity contribution >= 4 is 16.8 Å². The number of carbonyl (C=O) groups excluding carboxylic acids is 1. The van der Waals surface area contributed by atoms with Crippen molar-refractivity contribution in [2.75, 3.05) is 13.1 Å². The number of amides is 1. The van der Waals surface area contributed by atoms with E-state index in [1.54, 1.807) is 0 Å². The molecule has 1 saturated carbocycles. The molecule has 1 saturated heterocycles. The molecule has 2 aliphatic rings. The van der Waals surface area contributed by atoms with Gasteiger partial charge in [-0.1, -0.05) is 18.2 Å². The number of piperidine rings is 1. The molecule has 2 aromatic rings. The Kier molecular flexibility index (Phi) is 3.19. The Morgan fingerprint density at radius 2 is 1.90 bits per heavy atom. The Balaban J connectivity index is 1.39. The summed E-state index contributed by atoms with van der Waals surface area (Å²) in [7, 11) is 0. The quantitative estimate of drug-likeness (QED) is 0.909. The number of likely N-dealkylation sites (tertiary alicyclic amines) is 1. The molecule has 4 heteroatoms. The van der Waals surface area contributed by atoms with Crippen molar-refractivity contribution < 1.29 is 4.79 Å². The van der Waals surface area contributed by atoms with Gasteiger partial charge in [-0.2, -0.15) is 0 Å². The SMILES string of the molecule is O=C(NC1CCN(C2CC2)CC1)c1cc2ccccc2[nH]1. The zero-order valence-electron chi connectivity index (χ0n) is 12.1. The molecule has 2 heterocycles. The van der Waals surface area contributed by atoms with Gasteiger partial charge in [-0.05, 0) is 37.8 Å². The largest absolute Gasteiger partial charge is 0.351 e. The highest BCUT2D eigenvalue weighted by Crippen LogP contribution is 2.29. The number of para-hydroxylation sites is 1. The van der Waals surface area contributed by atoms with Crippen molar-refractivity contribution in [2.45, 2.75) is 37.8 Å². The molecule has 2 fully saturated rings. The van der Waals surface area contributed by atoms with E-state index in [9.17, 15) is 4.79 Å². The first-order valence-corrected chi connectivity index (χ1v) is 7.92. The second-order valence-corrected chi connectivity index (χ2v) is 6.29. The van der Waals surface area contributed by atoms with Gasteiger partial charge in [-0.15, -0.1) is 0 Å². The van der Waals surface area contributed by atoms with Crippen molar-refractivity contribution in [1.29, 1.82) is 0 Å². The van der Waals surface area contributed by atoms with Gasteiger partial charge in [0.25, 0.3) is 5.91 Å². The molecule has 4 rings (SSSR count). The normalized spacial score (nSPS) is 20.8. The average molecular weight is 283 g/mol. The van der Waals surface area contributed by atoms with Crippen LogP contribution in [-0.4, -0.2) is 41.0 Å². The maximum atomic E-state index is 12.4. The molecule has 1 aromatic heterocycles. The summed E-state index contributed by atoms with van der Waals surface area (Å²) in [5, 5.41) is 4.27. The van der Waals surface area contributed by atoms with E-state index in [2.05, 4.69) is 15.2 Å². The highest BCUT2D eigenvalue weighted by Gasteiger charge is 2.32. The van der Waals surface area contributed by atoms with Crippen molar-refractivity contribution in [3.8, 4) is 0 Å². The van der Waals surface area contributed by atoms with Crippen molar-refractivity contribution in [3.63, 3.8) is 0 Å². The van der Waals surface area contributed by atoms with Crippen LogP contribution in [-0.2, 0) is 0 Å². The molecule has 0 radical (unpaired) electrons. The first-order chi connectivity index (χ1) is 10.3. The highest BCUT2D eigenvalue weighted by atomic mass is 16.1. The van der Waals surface area contributed by atoms with Crippen LogP contribution in [0.4, 0.5) is 0 Å². The van der Waals surface area contributed by atoms with E-state index < -0.39 is 0 Å². The van der Waals surface area contributed by atoms with Crippen LogP contribution in [0.15, 0.2) is 30.3 Å². The molecular weight excluding hydrogens is 262 g/mol. The average Bonchev–Trinajstić information content (AvgIpc) is 3.26. The van der Waals surface area contributed by atoms with Gasteiger partial charge in [-0.3, -0.25) is 4.79 Å². The second-order valence-electron chi connectivity index (χ2n) is 6.29. The maximum absolute atomic E-state index is 12.4. The minimum absolute atomic E-state index is 0.0241. The van der Waals surface area contributed by atoms with Gasteiger partial charge in [0.15, 0.2) is 0 Å². The number of hydrogen-bond acceptors (Lipinski definition) is 2. The first-order valence-electron chi connectivity index (χ1n) is 7.92. The molecule has 0 unspecified atom stereocenters. The summed E-state index contributed by atoms with van der Waals surface area (Å²) in [5.74, 6) is 0.0241. The Hall–Kier alpha value is -1.81. The lowest BCUT2D eigenvalue weighted by Gasteiger charge is -2.32. The molecule has 0 spiro atoms. The zero-order chi connectivity index (χ0) is 14.2. The predicted octanol–water partition coefficient (Wildman–Crippen LogP) is 2.52. The van der Waals surface area contributed by atoms with Crippen LogP contribution in [0.2, 0.25) is 0 Å². The van der Waals surface area contributed by atoms with Crippen LogP contribution in [0.5, 0.6) is 0 Å². The van der Waals surface area contributed by atoms with Crippen LogP contribution in [0.1, 0.15) is 36.2 Å². The summed E-state index contributed by atoms with van der Waals surface area (Å²) < 4.78 is 0. The Labute approximate surface area is 124 Å². The van der Waals surface area contributed by atoms with Gasteiger partial charge in [0, 0.05) is 36.1 Å². The van der Waals surface area contributed by atoms with Crippen LogP contribution < -0.4 is 5.32 Å². The molecule has 2 N–H and O–H groups in total. The molecule has 1 aliphatic carbocycles. The number of nitrogens with one attached hydrogen (secondary N) is 2. The number of H-pyrrole nitrogens is 1. The Morgan fingerprint density at radius 3 is 2.62 bits per heavy atom. The van der Waals surface area contributed by atoms with Gasteiger partial charge in [0.2, 0.25) is 0 Å². The number of carbonyl (C=O) groups is 1. The molecule has 1 aromatic carbocycles. The van der Waals surface area contributed by atoms with Gasteiger partial charge < -0.3 is 15.2 Å². The number of benzene rings is 1. The van der Waals surface area contributed by atoms with Gasteiger partial charge in [0.05, 0.1) is 0 Å². The molecule has 0 bridgehead atoms. The van der Waals surface area contributed by atoms with E-state index in [4.69, 9.17) is 0 Å². The minimum atomic E-state index is 0.0241. The molecule has 4 nitrogen and oxygen atoms in total. The van der Waals surface area contributed by atoms with Crippen molar-refractivity contribution in [1.82, 2.24) is 15.2 Å². The van der Waals surface area contributed by atoms with E-state index in [0.717, 1.165) is 42.9 Å². The van der Waals surface area contributed by atoms with Crippen LogP contribution >= 0.6 is 0 Å². The lowest BCUT2D eigenvalue weighted by Crippen LogP contribution is -2.45. The van der Waals surface area contributed by atoms with Gasteiger partial charge in [0.1, 0.15) is 5.69 Å². The molecule has 1 aliphatic heterocycles. The number of rotatable bonds is 3. The van der Waals surface area contributed by atoms with Crippen LogP contribution in [0.25, 0.3) is 10.9 Å². The minimum Gasteiger partial charge on any atom is -0.351 e. The fourth-order valence-corrected chi connectivity index (χ4v) is 3.31. The molecular formula is C17H21N3O. The maximum Gasteiger partial charge on any atom is 0.267 e. The van der Waals surface area contributed by atoms with Crippen molar-refractivity contribution in [2.24, 2.45) is 0 Å². The highest BCUT2D eigenvalue weighted by molar-refractivity contribution is 5.98. The summed E-state index contributed by atoms with van der Waals surface area (Å²) in [6.45, 7) is 2.25. The number of nitrogens with zero attached hydrogens (tertiary/aromatic N) is 1. The summed E-state index contributed by atoms with van der Waals surface area (Å²) >= 11 is 0. The molecule has 0 atom stereocenters. The van der Waals surface area contributed by atoms with Crippen molar-refractivity contribution in [3.05, 3.63) is 36.0 Å². The van der Waals surface area contributed by atoms with Crippen LogP contribution in [0.3, 0.4) is 0 Å². The summed E-state index contributed by atoms with van der Waals surface area (Å²) in [4.78, 5) is 18.1. The third-order valence-corrected chi connectivity index (χ3v) is 4.70. The smallest absolute Gasteiger partial charge is 0.267 e. The summed E-state index contributed by atoms with van der Waals surface area (Å²) in [6, 6.07) is 11.1. The lowest BCUT2D eigenvalue weighted by molar-refractivity contribution is 0.0905. The number of fused-ring (bicyclic) bond motifs is 1. The van der Waals surface area contributed by atoms with E-state index in [1.165, 1.54) is 12.8 Å². The van der Waals surface area contributed by atoms with E-state index in [1.807, 2.05) is 30.3 Å². The molecule has 1 amide bonds. The molecule has 110 valence electrons. The third-order valence-electron chi connectivity index (χ3n) is 4.70. The van der Waals surface area contributed by atoms with Gasteiger partial charge >= 0.3 is 0 Å². The second kappa shape index (κ2) is 5.19.